The number of aromatic nitrogens is 1. The molecule has 2 aliphatic heterocycles. The Morgan fingerprint density at radius 2 is 2.19 bits per heavy atom. The number of nitrogens with one attached hydrogen (secondary N) is 2. The van der Waals surface area contributed by atoms with Crippen molar-refractivity contribution in [1.82, 2.24) is 15.6 Å². The van der Waals surface area contributed by atoms with Crippen molar-refractivity contribution in [3.63, 3.8) is 0 Å². The number of rotatable bonds is 6. The third-order valence-electron chi connectivity index (χ3n) is 4.68. The van der Waals surface area contributed by atoms with Gasteiger partial charge in [0.2, 0.25) is 12.7 Å². The van der Waals surface area contributed by atoms with E-state index in [0.29, 0.717) is 19.7 Å². The van der Waals surface area contributed by atoms with Crippen LogP contribution in [0.25, 0.3) is 0 Å². The largest absolute Gasteiger partial charge is 0.492 e. The summed E-state index contributed by atoms with van der Waals surface area (Å²) in [4.78, 5) is 16.6. The Labute approximate surface area is 151 Å². The van der Waals surface area contributed by atoms with Crippen molar-refractivity contribution >= 4 is 5.91 Å². The van der Waals surface area contributed by atoms with Crippen molar-refractivity contribution < 1.29 is 19.0 Å². The number of ether oxygens (including phenoxy) is 3. The highest BCUT2D eigenvalue weighted by Gasteiger charge is 2.33. The van der Waals surface area contributed by atoms with Crippen molar-refractivity contribution in [2.24, 2.45) is 11.8 Å². The second-order valence-electron chi connectivity index (χ2n) is 6.43. The normalized spacial score (nSPS) is 20.8. The summed E-state index contributed by atoms with van der Waals surface area (Å²) in [5.74, 6) is 2.24. The first-order chi connectivity index (χ1) is 12.8. The summed E-state index contributed by atoms with van der Waals surface area (Å²) in [6.45, 7) is 2.62. The molecule has 0 spiro atoms. The van der Waals surface area contributed by atoms with E-state index in [9.17, 15) is 4.79 Å². The Morgan fingerprint density at radius 1 is 1.27 bits per heavy atom. The van der Waals surface area contributed by atoms with Gasteiger partial charge in [-0.3, -0.25) is 9.78 Å². The maximum absolute atomic E-state index is 12.6. The summed E-state index contributed by atoms with van der Waals surface area (Å²) in [5.41, 5.74) is 0.983. The van der Waals surface area contributed by atoms with Crippen LogP contribution in [0.5, 0.6) is 17.2 Å². The second kappa shape index (κ2) is 7.61. The monoisotopic (exact) mass is 355 g/mol. The molecule has 3 heterocycles. The third kappa shape index (κ3) is 3.72. The zero-order chi connectivity index (χ0) is 17.8. The highest BCUT2D eigenvalue weighted by Crippen LogP contribution is 2.32. The van der Waals surface area contributed by atoms with Crippen LogP contribution in [0.4, 0.5) is 0 Å². The molecule has 2 aromatic rings. The molecule has 0 unspecified atom stereocenters. The Hall–Kier alpha value is -2.80. The lowest BCUT2D eigenvalue weighted by molar-refractivity contribution is -0.126. The first kappa shape index (κ1) is 16.7. The van der Waals surface area contributed by atoms with Gasteiger partial charge in [-0.1, -0.05) is 6.07 Å². The summed E-state index contributed by atoms with van der Waals surface area (Å²) in [6.07, 6.45) is 3.38. The molecule has 1 aromatic heterocycles. The van der Waals surface area contributed by atoms with Gasteiger partial charge in [0.15, 0.2) is 11.5 Å². The zero-order valence-corrected chi connectivity index (χ0v) is 14.3. The molecule has 26 heavy (non-hydrogen) atoms. The number of pyridine rings is 1. The van der Waals surface area contributed by atoms with Crippen molar-refractivity contribution in [3.8, 4) is 17.2 Å². The van der Waals surface area contributed by atoms with E-state index < -0.39 is 0 Å². The molecule has 0 saturated carbocycles. The van der Waals surface area contributed by atoms with Gasteiger partial charge in [0, 0.05) is 31.7 Å². The minimum atomic E-state index is -0.110. The third-order valence-corrected chi connectivity index (χ3v) is 4.68. The average Bonchev–Trinajstić information content (AvgIpc) is 3.34. The lowest BCUT2D eigenvalue weighted by atomic mass is 9.96. The first-order valence-electron chi connectivity index (χ1n) is 8.69. The van der Waals surface area contributed by atoms with Crippen molar-refractivity contribution in [2.45, 2.75) is 6.54 Å². The molecule has 7 heteroatoms. The fraction of sp³-hybridized carbons (Fsp3) is 0.368. The van der Waals surface area contributed by atoms with Gasteiger partial charge < -0.3 is 24.8 Å². The molecular formula is C19H21N3O4. The lowest BCUT2D eigenvalue weighted by Crippen LogP contribution is -2.36. The van der Waals surface area contributed by atoms with Gasteiger partial charge in [-0.2, -0.15) is 0 Å². The second-order valence-corrected chi connectivity index (χ2v) is 6.43. The molecule has 2 atom stereocenters. The molecule has 0 radical (unpaired) electrons. The van der Waals surface area contributed by atoms with Gasteiger partial charge in [0.05, 0.1) is 18.7 Å². The lowest BCUT2D eigenvalue weighted by Gasteiger charge is -2.18. The molecule has 2 aliphatic rings. The minimum Gasteiger partial charge on any atom is -0.492 e. The molecule has 7 nitrogen and oxygen atoms in total. The van der Waals surface area contributed by atoms with Gasteiger partial charge in [0.1, 0.15) is 5.75 Å². The van der Waals surface area contributed by atoms with E-state index in [1.54, 1.807) is 12.4 Å². The van der Waals surface area contributed by atoms with Crippen LogP contribution in [0.15, 0.2) is 42.7 Å². The Kier molecular flexibility index (Phi) is 4.88. The summed E-state index contributed by atoms with van der Waals surface area (Å²) >= 11 is 0. The van der Waals surface area contributed by atoms with Crippen LogP contribution in [0.3, 0.4) is 0 Å². The molecule has 0 aliphatic carbocycles. The predicted octanol–water partition coefficient (Wildman–Crippen LogP) is 1.34. The molecular weight excluding hydrogens is 334 g/mol. The SMILES string of the molecule is O=C(NCc1ccc2c(c1)OCO2)[C@@H]1CNC[C@H]1COc1cccnc1. The van der Waals surface area contributed by atoms with Crippen molar-refractivity contribution in [3.05, 3.63) is 48.3 Å². The van der Waals surface area contributed by atoms with E-state index in [0.717, 1.165) is 29.4 Å². The fourth-order valence-electron chi connectivity index (χ4n) is 3.22. The van der Waals surface area contributed by atoms with Gasteiger partial charge in [-0.15, -0.1) is 0 Å². The van der Waals surface area contributed by atoms with Crippen LogP contribution in [0.2, 0.25) is 0 Å². The van der Waals surface area contributed by atoms with Crippen molar-refractivity contribution in [2.75, 3.05) is 26.5 Å². The molecule has 2 N–H and O–H groups in total. The summed E-state index contributed by atoms with van der Waals surface area (Å²) in [5, 5.41) is 6.30. The standard InChI is InChI=1S/C19H21N3O4/c23-19(22-7-13-3-4-17-18(6-13)26-12-25-17)16-10-21-8-14(16)11-24-15-2-1-5-20-9-15/h1-6,9,14,16,21H,7-8,10-12H2,(H,22,23)/t14-,16+/m0/s1. The molecule has 1 saturated heterocycles. The van der Waals surface area contributed by atoms with Crippen LogP contribution in [-0.2, 0) is 11.3 Å². The number of carbonyl (C=O) groups is 1. The molecule has 0 bridgehead atoms. The van der Waals surface area contributed by atoms with Gasteiger partial charge in [-0.05, 0) is 29.8 Å². The number of amides is 1. The molecule has 1 amide bonds. The Bertz CT molecular complexity index is 769. The fourth-order valence-corrected chi connectivity index (χ4v) is 3.22. The van der Waals surface area contributed by atoms with E-state index in [1.165, 1.54) is 0 Å². The number of hydrogen-bond donors (Lipinski definition) is 2. The Morgan fingerprint density at radius 3 is 3.08 bits per heavy atom. The van der Waals surface area contributed by atoms with Gasteiger partial charge in [-0.25, -0.2) is 0 Å². The highest BCUT2D eigenvalue weighted by molar-refractivity contribution is 5.79. The highest BCUT2D eigenvalue weighted by atomic mass is 16.7. The summed E-state index contributed by atoms with van der Waals surface area (Å²) < 4.78 is 16.4. The topological polar surface area (TPSA) is 81.7 Å². The number of fused-ring (bicyclic) bond motifs is 1. The van der Waals surface area contributed by atoms with E-state index >= 15 is 0 Å². The first-order valence-corrected chi connectivity index (χ1v) is 8.69. The minimum absolute atomic E-state index is 0.0347. The smallest absolute Gasteiger partial charge is 0.231 e. The molecule has 1 fully saturated rings. The van der Waals surface area contributed by atoms with Crippen LogP contribution in [0.1, 0.15) is 5.56 Å². The van der Waals surface area contributed by atoms with Crippen LogP contribution in [-0.4, -0.2) is 37.4 Å². The maximum Gasteiger partial charge on any atom is 0.231 e. The predicted molar refractivity (Wildman–Crippen MR) is 94.0 cm³/mol. The molecule has 136 valence electrons. The van der Waals surface area contributed by atoms with E-state index in [-0.39, 0.29) is 24.5 Å². The van der Waals surface area contributed by atoms with E-state index in [1.807, 2.05) is 30.3 Å². The maximum atomic E-state index is 12.6. The number of benzene rings is 1. The van der Waals surface area contributed by atoms with Crippen LogP contribution < -0.4 is 24.8 Å². The molecule has 4 rings (SSSR count). The number of nitrogens with zero attached hydrogens (tertiary/aromatic N) is 1. The molecule has 1 aromatic carbocycles. The summed E-state index contributed by atoms with van der Waals surface area (Å²) in [6, 6.07) is 9.40. The number of hydrogen-bond acceptors (Lipinski definition) is 6. The van der Waals surface area contributed by atoms with Crippen LogP contribution >= 0.6 is 0 Å². The van der Waals surface area contributed by atoms with E-state index in [2.05, 4.69) is 15.6 Å². The summed E-state index contributed by atoms with van der Waals surface area (Å²) in [7, 11) is 0. The van der Waals surface area contributed by atoms with Gasteiger partial charge >= 0.3 is 0 Å². The average molecular weight is 355 g/mol. The van der Waals surface area contributed by atoms with Gasteiger partial charge in [0.25, 0.3) is 0 Å². The Balaban J connectivity index is 1.30. The number of carbonyl (C=O) groups excluding carboxylic acids is 1. The quantitative estimate of drug-likeness (QED) is 0.814. The van der Waals surface area contributed by atoms with E-state index in [4.69, 9.17) is 14.2 Å². The zero-order valence-electron chi connectivity index (χ0n) is 14.3. The van der Waals surface area contributed by atoms with Crippen molar-refractivity contribution in [1.29, 1.82) is 0 Å². The van der Waals surface area contributed by atoms with Crippen LogP contribution in [0, 0.1) is 11.8 Å².